The standard InChI is InChI=1S/C14H17FN2O2S/c1-3-6-17(9-11-4-5-11)20(18,19)14-8-13(16)10(2)7-12(14)15/h1,7-8,11H,4-6,9,16H2,2H3. The number of nitrogens with zero attached hydrogens (tertiary/aromatic N) is 1. The Bertz CT molecular complexity index is 660. The van der Waals surface area contributed by atoms with E-state index < -0.39 is 20.7 Å². The van der Waals surface area contributed by atoms with Crippen molar-refractivity contribution in [3.8, 4) is 12.3 Å². The molecule has 2 N–H and O–H groups in total. The third-order valence-electron chi connectivity index (χ3n) is 3.36. The van der Waals surface area contributed by atoms with Gasteiger partial charge in [0.05, 0.1) is 6.54 Å². The van der Waals surface area contributed by atoms with Crippen molar-refractivity contribution in [1.82, 2.24) is 4.31 Å². The molecule has 1 fully saturated rings. The number of benzene rings is 1. The molecular formula is C14H17FN2O2S. The Labute approximate surface area is 118 Å². The van der Waals surface area contributed by atoms with Crippen LogP contribution in [-0.4, -0.2) is 25.8 Å². The second-order valence-corrected chi connectivity index (χ2v) is 6.99. The van der Waals surface area contributed by atoms with Crippen molar-refractivity contribution in [2.75, 3.05) is 18.8 Å². The van der Waals surface area contributed by atoms with Crippen LogP contribution in [0.25, 0.3) is 0 Å². The summed E-state index contributed by atoms with van der Waals surface area (Å²) in [6.07, 6.45) is 7.18. The average Bonchev–Trinajstić information content (AvgIpc) is 3.17. The summed E-state index contributed by atoms with van der Waals surface area (Å²) in [5.41, 5.74) is 6.44. The highest BCUT2D eigenvalue weighted by atomic mass is 32.2. The zero-order valence-corrected chi connectivity index (χ0v) is 12.1. The molecule has 0 atom stereocenters. The molecule has 0 aromatic heterocycles. The minimum atomic E-state index is -3.95. The van der Waals surface area contributed by atoms with E-state index in [9.17, 15) is 12.8 Å². The fourth-order valence-electron chi connectivity index (χ4n) is 1.94. The summed E-state index contributed by atoms with van der Waals surface area (Å²) in [6.45, 7) is 1.89. The van der Waals surface area contributed by atoms with E-state index in [1.54, 1.807) is 6.92 Å². The van der Waals surface area contributed by atoms with Gasteiger partial charge in [0, 0.05) is 12.2 Å². The van der Waals surface area contributed by atoms with Crippen LogP contribution in [-0.2, 0) is 10.0 Å². The average molecular weight is 296 g/mol. The van der Waals surface area contributed by atoms with Crippen molar-refractivity contribution >= 4 is 15.7 Å². The van der Waals surface area contributed by atoms with Crippen LogP contribution in [0.4, 0.5) is 10.1 Å². The molecule has 0 unspecified atom stereocenters. The normalized spacial score (nSPS) is 15.3. The number of hydrogen-bond donors (Lipinski definition) is 1. The molecule has 6 heteroatoms. The number of hydrogen-bond acceptors (Lipinski definition) is 3. The fourth-order valence-corrected chi connectivity index (χ4v) is 3.45. The van der Waals surface area contributed by atoms with E-state index in [2.05, 4.69) is 5.92 Å². The first-order valence-electron chi connectivity index (χ1n) is 6.35. The molecule has 0 bridgehead atoms. The first-order chi connectivity index (χ1) is 9.36. The van der Waals surface area contributed by atoms with Crippen LogP contribution in [0.15, 0.2) is 17.0 Å². The Hall–Kier alpha value is -1.58. The van der Waals surface area contributed by atoms with Gasteiger partial charge >= 0.3 is 0 Å². The molecule has 1 aliphatic rings. The molecule has 20 heavy (non-hydrogen) atoms. The van der Waals surface area contributed by atoms with E-state index in [1.807, 2.05) is 0 Å². The van der Waals surface area contributed by atoms with Gasteiger partial charge in [-0.15, -0.1) is 6.42 Å². The third kappa shape index (κ3) is 2.94. The van der Waals surface area contributed by atoms with Gasteiger partial charge in [-0.2, -0.15) is 4.31 Å². The number of anilines is 1. The third-order valence-corrected chi connectivity index (χ3v) is 5.19. The highest BCUT2D eigenvalue weighted by Crippen LogP contribution is 2.32. The lowest BCUT2D eigenvalue weighted by atomic mass is 10.2. The molecule has 2 rings (SSSR count). The number of nitrogens with two attached hydrogens (primary N) is 1. The van der Waals surface area contributed by atoms with Crippen molar-refractivity contribution in [1.29, 1.82) is 0 Å². The van der Waals surface area contributed by atoms with E-state index in [1.165, 1.54) is 0 Å². The van der Waals surface area contributed by atoms with Gasteiger partial charge in [0.1, 0.15) is 10.7 Å². The lowest BCUT2D eigenvalue weighted by molar-refractivity contribution is 0.426. The SMILES string of the molecule is C#CCN(CC1CC1)S(=O)(=O)c1cc(N)c(C)cc1F. The Balaban J connectivity index is 2.41. The second kappa shape index (κ2) is 5.43. The summed E-state index contributed by atoms with van der Waals surface area (Å²) in [7, 11) is -3.95. The lowest BCUT2D eigenvalue weighted by Gasteiger charge is -2.20. The van der Waals surface area contributed by atoms with Crippen LogP contribution in [0.5, 0.6) is 0 Å². The number of halogens is 1. The second-order valence-electron chi connectivity index (χ2n) is 5.08. The molecule has 0 radical (unpaired) electrons. The van der Waals surface area contributed by atoms with Gasteiger partial charge in [-0.1, -0.05) is 5.92 Å². The lowest BCUT2D eigenvalue weighted by Crippen LogP contribution is -2.34. The van der Waals surface area contributed by atoms with E-state index in [4.69, 9.17) is 12.2 Å². The summed E-state index contributed by atoms with van der Waals surface area (Å²) in [5.74, 6) is 1.84. The van der Waals surface area contributed by atoms with Gasteiger partial charge in [-0.05, 0) is 43.4 Å². The maximum atomic E-state index is 14.0. The van der Waals surface area contributed by atoms with Crippen LogP contribution in [0.3, 0.4) is 0 Å². The van der Waals surface area contributed by atoms with Crippen molar-refractivity contribution in [3.63, 3.8) is 0 Å². The van der Waals surface area contributed by atoms with Crippen LogP contribution >= 0.6 is 0 Å². The monoisotopic (exact) mass is 296 g/mol. The van der Waals surface area contributed by atoms with Crippen LogP contribution in [0.2, 0.25) is 0 Å². The Kier molecular flexibility index (Phi) is 4.02. The Morgan fingerprint density at radius 1 is 1.50 bits per heavy atom. The van der Waals surface area contributed by atoms with E-state index in [-0.39, 0.29) is 12.2 Å². The molecule has 0 spiro atoms. The predicted molar refractivity (Wildman–Crippen MR) is 75.9 cm³/mol. The molecule has 0 heterocycles. The molecular weight excluding hydrogens is 279 g/mol. The molecule has 108 valence electrons. The molecule has 1 saturated carbocycles. The fraction of sp³-hybridized carbons (Fsp3) is 0.429. The molecule has 0 saturated heterocycles. The van der Waals surface area contributed by atoms with E-state index in [0.29, 0.717) is 18.0 Å². The van der Waals surface area contributed by atoms with Gasteiger partial charge in [-0.3, -0.25) is 0 Å². The van der Waals surface area contributed by atoms with Gasteiger partial charge in [0.25, 0.3) is 0 Å². The number of sulfonamides is 1. The zero-order valence-electron chi connectivity index (χ0n) is 11.3. The smallest absolute Gasteiger partial charge is 0.246 e. The van der Waals surface area contributed by atoms with Crippen LogP contribution in [0, 0.1) is 31.0 Å². The first-order valence-corrected chi connectivity index (χ1v) is 7.79. The summed E-state index contributed by atoms with van der Waals surface area (Å²) in [4.78, 5) is -0.406. The van der Waals surface area contributed by atoms with Gasteiger partial charge in [-0.25, -0.2) is 12.8 Å². The number of aryl methyl sites for hydroxylation is 1. The van der Waals surface area contributed by atoms with Crippen LogP contribution in [0.1, 0.15) is 18.4 Å². The summed E-state index contributed by atoms with van der Waals surface area (Å²) >= 11 is 0. The molecule has 1 aromatic rings. The zero-order chi connectivity index (χ0) is 14.9. The van der Waals surface area contributed by atoms with Crippen molar-refractivity contribution < 1.29 is 12.8 Å². The number of nitrogen functional groups attached to an aromatic ring is 1. The molecule has 4 nitrogen and oxygen atoms in total. The largest absolute Gasteiger partial charge is 0.398 e. The quantitative estimate of drug-likeness (QED) is 0.665. The first kappa shape index (κ1) is 14.8. The Morgan fingerprint density at radius 3 is 2.70 bits per heavy atom. The van der Waals surface area contributed by atoms with Gasteiger partial charge in [0.2, 0.25) is 10.0 Å². The molecule has 0 aliphatic heterocycles. The molecule has 1 aromatic carbocycles. The summed E-state index contributed by atoms with van der Waals surface area (Å²) in [6, 6.07) is 2.30. The summed E-state index contributed by atoms with van der Waals surface area (Å²) < 4.78 is 40.1. The summed E-state index contributed by atoms with van der Waals surface area (Å²) in [5, 5.41) is 0. The molecule has 1 aliphatic carbocycles. The van der Waals surface area contributed by atoms with Crippen molar-refractivity contribution in [3.05, 3.63) is 23.5 Å². The number of terminal acetylenes is 1. The van der Waals surface area contributed by atoms with Crippen molar-refractivity contribution in [2.24, 2.45) is 5.92 Å². The highest BCUT2D eigenvalue weighted by Gasteiger charge is 2.33. The predicted octanol–water partition coefficient (Wildman–Crippen LogP) is 1.75. The van der Waals surface area contributed by atoms with Crippen LogP contribution < -0.4 is 5.73 Å². The van der Waals surface area contributed by atoms with Gasteiger partial charge < -0.3 is 5.73 Å². The van der Waals surface area contributed by atoms with E-state index >= 15 is 0 Å². The minimum Gasteiger partial charge on any atom is -0.398 e. The van der Waals surface area contributed by atoms with E-state index in [0.717, 1.165) is 29.3 Å². The Morgan fingerprint density at radius 2 is 2.15 bits per heavy atom. The minimum absolute atomic E-state index is 0.0634. The van der Waals surface area contributed by atoms with Crippen molar-refractivity contribution in [2.45, 2.75) is 24.7 Å². The molecule has 0 amide bonds. The topological polar surface area (TPSA) is 63.4 Å². The number of rotatable bonds is 5. The highest BCUT2D eigenvalue weighted by molar-refractivity contribution is 7.89. The maximum Gasteiger partial charge on any atom is 0.246 e. The van der Waals surface area contributed by atoms with Gasteiger partial charge in [0.15, 0.2) is 0 Å². The maximum absolute atomic E-state index is 14.0.